The normalized spacial score (nSPS) is 12.2. The van der Waals surface area contributed by atoms with Gasteiger partial charge in [0.05, 0.1) is 21.2 Å². The van der Waals surface area contributed by atoms with Gasteiger partial charge in [-0.15, -0.1) is 20.5 Å². The average molecular weight is 777 g/mol. The Balaban J connectivity index is 0.00000552. The van der Waals surface area contributed by atoms with Crippen LogP contribution in [0, 0.1) is 0 Å². The number of hydrogen-bond donors (Lipinski definition) is 2. The molecule has 0 aliphatic carbocycles. The molecule has 232 valence electrons. The number of azo groups is 2. The van der Waals surface area contributed by atoms with E-state index in [1.165, 1.54) is 12.1 Å². The van der Waals surface area contributed by atoms with Crippen molar-refractivity contribution in [3.63, 3.8) is 0 Å². The van der Waals surface area contributed by atoms with Crippen LogP contribution >= 0.6 is 0 Å². The van der Waals surface area contributed by atoms with Crippen molar-refractivity contribution in [1.82, 2.24) is 0 Å². The first-order valence-corrected chi connectivity index (χ1v) is 16.8. The molecular weight excluding hydrogens is 764 g/mol. The van der Waals surface area contributed by atoms with Gasteiger partial charge in [0.1, 0.15) is 41.4 Å². The summed E-state index contributed by atoms with van der Waals surface area (Å²) in [5, 5.41) is 38.4. The predicted octanol–water partition coefficient (Wildman–Crippen LogP) is -9.86. The minimum absolute atomic E-state index is 0. The van der Waals surface area contributed by atoms with E-state index in [4.69, 9.17) is 0 Å². The van der Waals surface area contributed by atoms with E-state index < -0.39 is 105 Å². The Morgan fingerprint density at radius 3 is 1.10 bits per heavy atom. The molecule has 0 bridgehead atoms. The summed E-state index contributed by atoms with van der Waals surface area (Å²) < 4.78 is 137. The summed E-state index contributed by atoms with van der Waals surface area (Å²) in [6, 6.07) is 9.03. The maximum Gasteiger partial charge on any atom is 1.00 e. The molecule has 0 heterocycles. The van der Waals surface area contributed by atoms with Crippen LogP contribution in [0.2, 0.25) is 0 Å². The van der Waals surface area contributed by atoms with Gasteiger partial charge in [0.25, 0.3) is 20.2 Å². The minimum Gasteiger partial charge on any atom is -0.871 e. The maximum absolute atomic E-state index is 13.4. The van der Waals surface area contributed by atoms with Gasteiger partial charge in [0.15, 0.2) is 0 Å². The molecule has 0 unspecified atom stereocenters. The van der Waals surface area contributed by atoms with E-state index in [1.807, 2.05) is 0 Å². The summed E-state index contributed by atoms with van der Waals surface area (Å²) in [5.74, 6) is -3.26. The Morgan fingerprint density at radius 2 is 0.812 bits per heavy atom. The maximum atomic E-state index is 13.4. The fourth-order valence-corrected chi connectivity index (χ4v) is 6.25. The molecular formula is C22H12N4Na4O14S4. The Bertz CT molecular complexity index is 2210. The Hall–Kier alpha value is -0.420. The quantitative estimate of drug-likeness (QED) is 0.0954. The third-order valence-electron chi connectivity index (χ3n) is 5.55. The topological polar surface area (TPSA) is 319 Å². The summed E-state index contributed by atoms with van der Waals surface area (Å²) in [6.07, 6.45) is 0. The fourth-order valence-electron chi connectivity index (χ4n) is 3.72. The molecule has 48 heavy (non-hydrogen) atoms. The first-order valence-electron chi connectivity index (χ1n) is 11.1. The first-order chi connectivity index (χ1) is 20.2. The molecule has 0 amide bonds. The molecule has 0 atom stereocenters. The van der Waals surface area contributed by atoms with Crippen molar-refractivity contribution in [3.05, 3.63) is 60.7 Å². The van der Waals surface area contributed by atoms with Crippen LogP contribution in [0.15, 0.2) is 101 Å². The Kier molecular flexibility index (Phi) is 17.7. The smallest absolute Gasteiger partial charge is 0.871 e. The van der Waals surface area contributed by atoms with Crippen molar-refractivity contribution < 1.29 is 180 Å². The molecule has 0 radical (unpaired) electrons. The molecule has 18 nitrogen and oxygen atoms in total. The molecule has 0 aliphatic rings. The van der Waals surface area contributed by atoms with Crippen LogP contribution in [0.5, 0.6) is 11.5 Å². The van der Waals surface area contributed by atoms with Crippen molar-refractivity contribution >= 4 is 74.0 Å². The van der Waals surface area contributed by atoms with Crippen LogP contribution in [0.3, 0.4) is 0 Å². The van der Waals surface area contributed by atoms with Crippen LogP contribution in [0.25, 0.3) is 10.8 Å². The Labute approximate surface area is 361 Å². The van der Waals surface area contributed by atoms with Crippen LogP contribution in [0.4, 0.5) is 22.7 Å². The number of fused-ring (bicyclic) bond motifs is 1. The number of rotatable bonds is 8. The van der Waals surface area contributed by atoms with E-state index in [0.29, 0.717) is 12.1 Å². The van der Waals surface area contributed by atoms with Gasteiger partial charge in [-0.25, -0.2) is 16.8 Å². The standard InChI is InChI=1S/C22H16N4O14S4.4Na/c27-21-18-11(9-16(43(35,36)37)19(21)25-23-12-5-1-3-7-14(12)41(29,30)31)10-17(44(38,39)40)20(22(18)28)26-24-13-6-2-4-8-15(13)42(32,33)34;;;;/h1-10,27-28H,(H,29,30,31)(H,32,33,34)(H,35,36,37)(H,38,39,40);;;;/q;4*+1/p-4. The Morgan fingerprint density at radius 1 is 0.500 bits per heavy atom. The monoisotopic (exact) mass is 776 g/mol. The molecule has 4 aromatic carbocycles. The third kappa shape index (κ3) is 10.8. The zero-order valence-electron chi connectivity index (χ0n) is 25.0. The molecule has 4 rings (SSSR count). The van der Waals surface area contributed by atoms with E-state index in [1.54, 1.807) is 0 Å². The SMILES string of the molecule is O=S(=O)([O-])c1ccccc1N=Nc1c(S(=O)(=O)O)cc2cc(S(=O)(=O)O)c(N=Nc3ccccc3S(=O)(=O)[O-])c([O-])c2c1[O-].[Na+].[Na+].[Na+].[Na+]. The van der Waals surface area contributed by atoms with Crippen LogP contribution in [-0.2, 0) is 40.5 Å². The summed E-state index contributed by atoms with van der Waals surface area (Å²) in [4.78, 5) is -4.55. The molecule has 4 aromatic rings. The molecule has 0 aliphatic heterocycles. The molecule has 0 aromatic heterocycles. The molecule has 0 spiro atoms. The van der Waals surface area contributed by atoms with Crippen LogP contribution < -0.4 is 128 Å². The number of nitrogens with zero attached hydrogens (tertiary/aromatic N) is 4. The first kappa shape index (κ1) is 47.6. The van der Waals surface area contributed by atoms with Crippen LogP contribution in [-0.4, -0.2) is 51.9 Å². The second kappa shape index (κ2) is 17.9. The second-order valence-electron chi connectivity index (χ2n) is 8.40. The fraction of sp³-hybridized carbons (Fsp3) is 0. The number of benzene rings is 4. The van der Waals surface area contributed by atoms with Gasteiger partial charge in [0, 0.05) is 0 Å². The van der Waals surface area contributed by atoms with Crippen LogP contribution in [0.1, 0.15) is 0 Å². The van der Waals surface area contributed by atoms with Gasteiger partial charge in [-0.2, -0.15) is 16.8 Å². The predicted molar refractivity (Wildman–Crippen MR) is 140 cm³/mol. The largest absolute Gasteiger partial charge is 1.00 e. The van der Waals surface area contributed by atoms with E-state index in [-0.39, 0.29) is 118 Å². The average Bonchev–Trinajstić information content (AvgIpc) is 2.89. The van der Waals surface area contributed by atoms with Crippen molar-refractivity contribution in [3.8, 4) is 11.5 Å². The van der Waals surface area contributed by atoms with Gasteiger partial charge in [-0.3, -0.25) is 9.11 Å². The van der Waals surface area contributed by atoms with E-state index in [0.717, 1.165) is 36.4 Å². The molecule has 2 N–H and O–H groups in total. The van der Waals surface area contributed by atoms with Gasteiger partial charge in [0.2, 0.25) is 0 Å². The summed E-state index contributed by atoms with van der Waals surface area (Å²) in [6.45, 7) is 0. The molecule has 0 saturated heterocycles. The van der Waals surface area contributed by atoms with E-state index in [2.05, 4.69) is 20.5 Å². The number of hydrogen-bond acceptors (Lipinski definition) is 16. The van der Waals surface area contributed by atoms with E-state index >= 15 is 0 Å². The zero-order chi connectivity index (χ0) is 32.8. The van der Waals surface area contributed by atoms with Crippen molar-refractivity contribution in [2.45, 2.75) is 19.6 Å². The van der Waals surface area contributed by atoms with Crippen molar-refractivity contribution in [1.29, 1.82) is 0 Å². The van der Waals surface area contributed by atoms with Gasteiger partial charge >= 0.3 is 118 Å². The summed E-state index contributed by atoms with van der Waals surface area (Å²) in [7, 11) is -21.1. The molecule has 0 saturated carbocycles. The molecule has 26 heteroatoms. The van der Waals surface area contributed by atoms with Gasteiger partial charge in [-0.05, 0) is 47.2 Å². The van der Waals surface area contributed by atoms with Crippen molar-refractivity contribution in [2.24, 2.45) is 20.5 Å². The summed E-state index contributed by atoms with van der Waals surface area (Å²) >= 11 is 0. The third-order valence-corrected chi connectivity index (χ3v) is 9.06. The minimum atomic E-state index is -5.40. The summed E-state index contributed by atoms with van der Waals surface area (Å²) in [5.41, 5.74) is -3.93. The van der Waals surface area contributed by atoms with Crippen molar-refractivity contribution in [2.75, 3.05) is 0 Å². The zero-order valence-corrected chi connectivity index (χ0v) is 36.3. The second-order valence-corrected chi connectivity index (χ2v) is 13.9. The van der Waals surface area contributed by atoms with E-state index in [9.17, 15) is 62.1 Å². The van der Waals surface area contributed by atoms with Gasteiger partial charge in [-0.1, -0.05) is 35.8 Å². The van der Waals surface area contributed by atoms with Gasteiger partial charge < -0.3 is 19.3 Å². The molecule has 0 fully saturated rings.